The first-order valence-electron chi connectivity index (χ1n) is 8.44. The van der Waals surface area contributed by atoms with Crippen molar-refractivity contribution < 1.29 is 4.79 Å². The van der Waals surface area contributed by atoms with Gasteiger partial charge in [-0.15, -0.1) is 0 Å². The zero-order chi connectivity index (χ0) is 15.0. The predicted octanol–water partition coefficient (Wildman–Crippen LogP) is 5.40. The molecule has 2 fully saturated rings. The Balaban J connectivity index is 2.19. The summed E-state index contributed by atoms with van der Waals surface area (Å²) >= 11 is 0. The van der Waals surface area contributed by atoms with E-state index in [0.29, 0.717) is 16.7 Å². The SMILES string of the molecule is C=C1CCC2C(C)(C)CCCC2(C)C1CCC(C)C=O. The van der Waals surface area contributed by atoms with Gasteiger partial charge in [0.1, 0.15) is 6.29 Å². The fraction of sp³-hybridized carbons (Fsp3) is 0.842. The summed E-state index contributed by atoms with van der Waals surface area (Å²) in [5.74, 6) is 1.65. The van der Waals surface area contributed by atoms with Gasteiger partial charge in [0.15, 0.2) is 0 Å². The zero-order valence-electron chi connectivity index (χ0n) is 13.9. The van der Waals surface area contributed by atoms with E-state index in [2.05, 4.69) is 27.4 Å². The number of carbonyl (C=O) groups is 1. The van der Waals surface area contributed by atoms with E-state index < -0.39 is 0 Å². The lowest BCUT2D eigenvalue weighted by molar-refractivity contribution is -0.111. The van der Waals surface area contributed by atoms with Crippen LogP contribution in [0.25, 0.3) is 0 Å². The summed E-state index contributed by atoms with van der Waals surface area (Å²) < 4.78 is 0. The van der Waals surface area contributed by atoms with Gasteiger partial charge < -0.3 is 4.79 Å². The van der Waals surface area contributed by atoms with Gasteiger partial charge in [0.2, 0.25) is 0 Å². The summed E-state index contributed by atoms with van der Waals surface area (Å²) in [5, 5.41) is 0. The molecule has 0 N–H and O–H groups in total. The van der Waals surface area contributed by atoms with Gasteiger partial charge in [-0.25, -0.2) is 0 Å². The zero-order valence-corrected chi connectivity index (χ0v) is 13.9. The van der Waals surface area contributed by atoms with Gasteiger partial charge >= 0.3 is 0 Å². The fourth-order valence-corrected chi connectivity index (χ4v) is 5.31. The average molecular weight is 276 g/mol. The van der Waals surface area contributed by atoms with Gasteiger partial charge in [-0.3, -0.25) is 0 Å². The molecule has 2 aliphatic carbocycles. The number of rotatable bonds is 4. The first kappa shape index (κ1) is 15.8. The van der Waals surface area contributed by atoms with E-state index in [1.807, 2.05) is 6.92 Å². The van der Waals surface area contributed by atoms with Crippen LogP contribution in [0.5, 0.6) is 0 Å². The fourth-order valence-electron chi connectivity index (χ4n) is 5.31. The van der Waals surface area contributed by atoms with Crippen molar-refractivity contribution in [2.45, 2.75) is 72.6 Å². The molecule has 114 valence electrons. The van der Waals surface area contributed by atoms with Crippen LogP contribution in [0.2, 0.25) is 0 Å². The van der Waals surface area contributed by atoms with Crippen LogP contribution >= 0.6 is 0 Å². The molecule has 20 heavy (non-hydrogen) atoms. The van der Waals surface area contributed by atoms with E-state index in [0.717, 1.165) is 25.0 Å². The van der Waals surface area contributed by atoms with Gasteiger partial charge in [0.25, 0.3) is 0 Å². The van der Waals surface area contributed by atoms with Crippen molar-refractivity contribution in [2.24, 2.45) is 28.6 Å². The van der Waals surface area contributed by atoms with Crippen LogP contribution in [0.4, 0.5) is 0 Å². The molecule has 1 heteroatoms. The Labute approximate surface area is 125 Å². The topological polar surface area (TPSA) is 17.1 Å². The normalized spacial score (nSPS) is 38.1. The molecule has 0 amide bonds. The van der Waals surface area contributed by atoms with Crippen LogP contribution < -0.4 is 0 Å². The molecular weight excluding hydrogens is 244 g/mol. The van der Waals surface area contributed by atoms with E-state index in [4.69, 9.17) is 0 Å². The molecular formula is C19H32O. The van der Waals surface area contributed by atoms with Crippen molar-refractivity contribution in [3.63, 3.8) is 0 Å². The Morgan fingerprint density at radius 1 is 1.35 bits per heavy atom. The molecule has 0 radical (unpaired) electrons. The minimum Gasteiger partial charge on any atom is -0.303 e. The van der Waals surface area contributed by atoms with Crippen LogP contribution in [-0.2, 0) is 4.79 Å². The van der Waals surface area contributed by atoms with Crippen molar-refractivity contribution in [1.29, 1.82) is 0 Å². The summed E-state index contributed by atoms with van der Waals surface area (Å²) in [6.07, 6.45) is 9.88. The van der Waals surface area contributed by atoms with Crippen molar-refractivity contribution >= 4 is 6.29 Å². The number of hydrogen-bond acceptors (Lipinski definition) is 1. The minimum absolute atomic E-state index is 0.198. The third kappa shape index (κ3) is 2.73. The van der Waals surface area contributed by atoms with Crippen LogP contribution in [0.1, 0.15) is 72.6 Å². The van der Waals surface area contributed by atoms with Crippen LogP contribution in [0, 0.1) is 28.6 Å². The molecule has 2 aliphatic rings. The second-order valence-corrected chi connectivity index (χ2v) is 8.34. The van der Waals surface area contributed by atoms with Gasteiger partial charge in [-0.05, 0) is 61.2 Å². The monoisotopic (exact) mass is 276 g/mol. The van der Waals surface area contributed by atoms with Gasteiger partial charge in [-0.1, -0.05) is 46.3 Å². The predicted molar refractivity (Wildman–Crippen MR) is 85.6 cm³/mol. The quantitative estimate of drug-likeness (QED) is 0.496. The molecule has 4 unspecified atom stereocenters. The maximum Gasteiger partial charge on any atom is 0.122 e. The Morgan fingerprint density at radius 3 is 2.70 bits per heavy atom. The highest BCUT2D eigenvalue weighted by Gasteiger charge is 2.52. The summed E-state index contributed by atoms with van der Waals surface area (Å²) in [6, 6.07) is 0. The summed E-state index contributed by atoms with van der Waals surface area (Å²) in [6.45, 7) is 13.9. The van der Waals surface area contributed by atoms with Gasteiger partial charge in [-0.2, -0.15) is 0 Å². The first-order valence-corrected chi connectivity index (χ1v) is 8.44. The first-order chi connectivity index (χ1) is 9.31. The Bertz CT molecular complexity index is 381. The lowest BCUT2D eigenvalue weighted by Crippen LogP contribution is -2.49. The summed E-state index contributed by atoms with van der Waals surface area (Å²) in [7, 11) is 0. The van der Waals surface area contributed by atoms with Crippen molar-refractivity contribution in [3.05, 3.63) is 12.2 Å². The number of allylic oxidation sites excluding steroid dienone is 1. The number of fused-ring (bicyclic) bond motifs is 1. The van der Waals surface area contributed by atoms with E-state index >= 15 is 0 Å². The highest BCUT2D eigenvalue weighted by atomic mass is 16.1. The molecule has 4 atom stereocenters. The van der Waals surface area contributed by atoms with Crippen LogP contribution in [-0.4, -0.2) is 6.29 Å². The number of hydrogen-bond donors (Lipinski definition) is 0. The molecule has 2 rings (SSSR count). The second kappa shape index (κ2) is 5.66. The maximum atomic E-state index is 10.9. The van der Waals surface area contributed by atoms with Crippen molar-refractivity contribution in [2.75, 3.05) is 0 Å². The van der Waals surface area contributed by atoms with E-state index in [1.165, 1.54) is 37.7 Å². The van der Waals surface area contributed by atoms with E-state index in [9.17, 15) is 4.79 Å². The summed E-state index contributed by atoms with van der Waals surface area (Å²) in [5.41, 5.74) is 2.35. The van der Waals surface area contributed by atoms with Gasteiger partial charge in [0, 0.05) is 5.92 Å². The standard InChI is InChI=1S/C19H32O/c1-14(13-20)7-9-16-15(2)8-10-17-18(3,4)11-6-12-19(16,17)5/h13-14,16-17H,2,6-12H2,1,3-5H3. The van der Waals surface area contributed by atoms with E-state index in [1.54, 1.807) is 0 Å². The van der Waals surface area contributed by atoms with Crippen LogP contribution in [0.15, 0.2) is 12.2 Å². The molecule has 0 aromatic heterocycles. The second-order valence-electron chi connectivity index (χ2n) is 8.34. The van der Waals surface area contributed by atoms with E-state index in [-0.39, 0.29) is 5.92 Å². The smallest absolute Gasteiger partial charge is 0.122 e. The molecule has 0 aromatic rings. The van der Waals surface area contributed by atoms with Crippen molar-refractivity contribution in [1.82, 2.24) is 0 Å². The Kier molecular flexibility index (Phi) is 4.47. The molecule has 0 heterocycles. The molecule has 0 bridgehead atoms. The number of aldehydes is 1. The lowest BCUT2D eigenvalue weighted by atomic mass is 9.47. The highest BCUT2D eigenvalue weighted by Crippen LogP contribution is 2.61. The number of carbonyl (C=O) groups excluding carboxylic acids is 1. The highest BCUT2D eigenvalue weighted by molar-refractivity contribution is 5.52. The largest absolute Gasteiger partial charge is 0.303 e. The van der Waals surface area contributed by atoms with Crippen LogP contribution in [0.3, 0.4) is 0 Å². The molecule has 0 aliphatic heterocycles. The third-order valence-electron chi connectivity index (χ3n) is 6.46. The van der Waals surface area contributed by atoms with Crippen molar-refractivity contribution in [3.8, 4) is 0 Å². The molecule has 0 spiro atoms. The average Bonchev–Trinajstić information content (AvgIpc) is 2.36. The Hall–Kier alpha value is -0.590. The lowest BCUT2D eigenvalue weighted by Gasteiger charge is -2.58. The summed E-state index contributed by atoms with van der Waals surface area (Å²) in [4.78, 5) is 10.9. The third-order valence-corrected chi connectivity index (χ3v) is 6.46. The molecule has 0 saturated heterocycles. The molecule has 0 aromatic carbocycles. The maximum absolute atomic E-state index is 10.9. The minimum atomic E-state index is 0.198. The molecule has 2 saturated carbocycles. The molecule has 1 nitrogen and oxygen atoms in total. The Morgan fingerprint density at radius 2 is 2.05 bits per heavy atom. The van der Waals surface area contributed by atoms with Gasteiger partial charge in [0.05, 0.1) is 0 Å².